The lowest BCUT2D eigenvalue weighted by atomic mass is 10.1. The SMILES string of the molecule is CCCCC(=O)N1CCN(C(=O)c2ccc3c(c2)ncn3C(C)C)CC1. The Balaban J connectivity index is 1.65. The lowest BCUT2D eigenvalue weighted by Gasteiger charge is -2.35. The minimum Gasteiger partial charge on any atom is -0.339 e. The largest absolute Gasteiger partial charge is 0.339 e. The van der Waals surface area contributed by atoms with Crippen LogP contribution in [0.15, 0.2) is 24.5 Å². The van der Waals surface area contributed by atoms with Crippen LogP contribution in [0.1, 0.15) is 56.4 Å². The second-order valence-electron chi connectivity index (χ2n) is 7.23. The molecule has 0 atom stereocenters. The second-order valence-corrected chi connectivity index (χ2v) is 7.23. The number of rotatable bonds is 5. The van der Waals surface area contributed by atoms with E-state index in [1.807, 2.05) is 34.3 Å². The fourth-order valence-corrected chi connectivity index (χ4v) is 3.40. The predicted octanol–water partition coefficient (Wildman–Crippen LogP) is 3.09. The summed E-state index contributed by atoms with van der Waals surface area (Å²) < 4.78 is 2.10. The molecular formula is C20H28N4O2. The van der Waals surface area contributed by atoms with E-state index in [0.29, 0.717) is 44.2 Å². The molecule has 1 saturated heterocycles. The van der Waals surface area contributed by atoms with E-state index in [-0.39, 0.29) is 11.8 Å². The summed E-state index contributed by atoms with van der Waals surface area (Å²) in [5.74, 6) is 0.228. The fourth-order valence-electron chi connectivity index (χ4n) is 3.40. The van der Waals surface area contributed by atoms with Crippen LogP contribution in [0.3, 0.4) is 0 Å². The van der Waals surface area contributed by atoms with Crippen molar-refractivity contribution in [1.82, 2.24) is 19.4 Å². The van der Waals surface area contributed by atoms with Crippen molar-refractivity contribution in [2.75, 3.05) is 26.2 Å². The zero-order valence-corrected chi connectivity index (χ0v) is 15.9. The molecule has 1 aromatic carbocycles. The van der Waals surface area contributed by atoms with E-state index in [2.05, 4.69) is 30.3 Å². The number of amides is 2. The van der Waals surface area contributed by atoms with Crippen molar-refractivity contribution < 1.29 is 9.59 Å². The highest BCUT2D eigenvalue weighted by Gasteiger charge is 2.24. The van der Waals surface area contributed by atoms with Gasteiger partial charge in [-0.15, -0.1) is 0 Å². The summed E-state index contributed by atoms with van der Waals surface area (Å²) in [7, 11) is 0. The van der Waals surface area contributed by atoms with E-state index < -0.39 is 0 Å². The van der Waals surface area contributed by atoms with Crippen LogP contribution in [0.4, 0.5) is 0 Å². The van der Waals surface area contributed by atoms with E-state index in [4.69, 9.17) is 0 Å². The number of nitrogens with zero attached hydrogens (tertiary/aromatic N) is 4. The van der Waals surface area contributed by atoms with Gasteiger partial charge in [0.15, 0.2) is 0 Å². The average Bonchev–Trinajstić information content (AvgIpc) is 3.09. The van der Waals surface area contributed by atoms with E-state index in [0.717, 1.165) is 23.9 Å². The third-order valence-corrected chi connectivity index (χ3v) is 5.04. The third-order valence-electron chi connectivity index (χ3n) is 5.04. The van der Waals surface area contributed by atoms with Crippen molar-refractivity contribution in [3.8, 4) is 0 Å². The number of fused-ring (bicyclic) bond motifs is 1. The smallest absolute Gasteiger partial charge is 0.254 e. The Morgan fingerprint density at radius 3 is 2.46 bits per heavy atom. The molecule has 1 aliphatic heterocycles. The average molecular weight is 356 g/mol. The van der Waals surface area contributed by atoms with Crippen LogP contribution in [0.5, 0.6) is 0 Å². The Kier molecular flexibility index (Phi) is 5.59. The Bertz CT molecular complexity index is 788. The molecule has 0 aliphatic carbocycles. The molecule has 0 N–H and O–H groups in total. The first-order valence-corrected chi connectivity index (χ1v) is 9.55. The summed E-state index contributed by atoms with van der Waals surface area (Å²) in [5.41, 5.74) is 2.55. The van der Waals surface area contributed by atoms with Crippen molar-refractivity contribution in [3.05, 3.63) is 30.1 Å². The third kappa shape index (κ3) is 3.74. The molecule has 2 aromatic rings. The number of unbranched alkanes of at least 4 members (excludes halogenated alkanes) is 1. The molecular weight excluding hydrogens is 328 g/mol. The van der Waals surface area contributed by atoms with Gasteiger partial charge in [-0.1, -0.05) is 13.3 Å². The van der Waals surface area contributed by atoms with Gasteiger partial charge in [0.05, 0.1) is 17.4 Å². The Labute approximate surface area is 154 Å². The molecule has 0 radical (unpaired) electrons. The minimum absolute atomic E-state index is 0.0201. The lowest BCUT2D eigenvalue weighted by Crippen LogP contribution is -2.50. The molecule has 0 saturated carbocycles. The Morgan fingerprint density at radius 2 is 1.81 bits per heavy atom. The van der Waals surface area contributed by atoms with Crippen LogP contribution in [-0.4, -0.2) is 57.3 Å². The summed E-state index contributed by atoms with van der Waals surface area (Å²) in [6.07, 6.45) is 4.39. The van der Waals surface area contributed by atoms with Crippen molar-refractivity contribution >= 4 is 22.8 Å². The first-order valence-electron chi connectivity index (χ1n) is 9.55. The zero-order chi connectivity index (χ0) is 18.7. The van der Waals surface area contributed by atoms with Crippen molar-refractivity contribution in [2.24, 2.45) is 0 Å². The summed E-state index contributed by atoms with van der Waals surface area (Å²) in [6, 6.07) is 6.05. The normalized spacial score (nSPS) is 15.1. The number of imidazole rings is 1. The van der Waals surface area contributed by atoms with Crippen molar-refractivity contribution in [3.63, 3.8) is 0 Å². The zero-order valence-electron chi connectivity index (χ0n) is 15.9. The van der Waals surface area contributed by atoms with Gasteiger partial charge in [0.2, 0.25) is 5.91 Å². The molecule has 3 rings (SSSR count). The highest BCUT2D eigenvalue weighted by Crippen LogP contribution is 2.20. The van der Waals surface area contributed by atoms with Gasteiger partial charge in [0, 0.05) is 44.2 Å². The Hall–Kier alpha value is -2.37. The molecule has 2 amide bonds. The number of carbonyl (C=O) groups excluding carboxylic acids is 2. The minimum atomic E-state index is 0.0201. The van der Waals surface area contributed by atoms with Gasteiger partial charge >= 0.3 is 0 Å². The summed E-state index contributed by atoms with van der Waals surface area (Å²) >= 11 is 0. The van der Waals surface area contributed by atoms with Gasteiger partial charge in [0.1, 0.15) is 0 Å². The summed E-state index contributed by atoms with van der Waals surface area (Å²) in [6.45, 7) is 8.75. The number of carbonyl (C=O) groups is 2. The quantitative estimate of drug-likeness (QED) is 0.827. The molecule has 2 heterocycles. The topological polar surface area (TPSA) is 58.4 Å². The van der Waals surface area contributed by atoms with Gasteiger partial charge in [-0.2, -0.15) is 0 Å². The maximum atomic E-state index is 12.8. The number of benzene rings is 1. The second kappa shape index (κ2) is 7.89. The van der Waals surface area contributed by atoms with Crippen molar-refractivity contribution in [2.45, 2.75) is 46.1 Å². The monoisotopic (exact) mass is 356 g/mol. The van der Waals surface area contributed by atoms with Crippen LogP contribution in [0.2, 0.25) is 0 Å². The first kappa shape index (κ1) is 18.4. The number of piperazine rings is 1. The number of hydrogen-bond donors (Lipinski definition) is 0. The van der Waals surface area contributed by atoms with Gasteiger partial charge in [-0.05, 0) is 38.5 Å². The van der Waals surface area contributed by atoms with Gasteiger partial charge in [-0.3, -0.25) is 9.59 Å². The molecule has 0 unspecified atom stereocenters. The molecule has 6 heteroatoms. The molecule has 1 aromatic heterocycles. The Morgan fingerprint density at radius 1 is 1.12 bits per heavy atom. The van der Waals surface area contributed by atoms with E-state index in [1.54, 1.807) is 0 Å². The van der Waals surface area contributed by atoms with Crippen LogP contribution < -0.4 is 0 Å². The summed E-state index contributed by atoms with van der Waals surface area (Å²) in [5, 5.41) is 0. The van der Waals surface area contributed by atoms with E-state index in [9.17, 15) is 9.59 Å². The number of aromatic nitrogens is 2. The van der Waals surface area contributed by atoms with Crippen LogP contribution in [0, 0.1) is 0 Å². The van der Waals surface area contributed by atoms with E-state index >= 15 is 0 Å². The maximum absolute atomic E-state index is 12.8. The first-order chi connectivity index (χ1) is 12.5. The van der Waals surface area contributed by atoms with E-state index in [1.165, 1.54) is 0 Å². The van der Waals surface area contributed by atoms with Gasteiger partial charge in [0.25, 0.3) is 5.91 Å². The molecule has 0 bridgehead atoms. The van der Waals surface area contributed by atoms with Gasteiger partial charge < -0.3 is 14.4 Å². The maximum Gasteiger partial charge on any atom is 0.254 e. The predicted molar refractivity (Wildman–Crippen MR) is 102 cm³/mol. The highest BCUT2D eigenvalue weighted by molar-refractivity contribution is 5.97. The number of hydrogen-bond acceptors (Lipinski definition) is 3. The molecule has 1 fully saturated rings. The molecule has 140 valence electrons. The molecule has 26 heavy (non-hydrogen) atoms. The highest BCUT2D eigenvalue weighted by atomic mass is 16.2. The fraction of sp³-hybridized carbons (Fsp3) is 0.550. The van der Waals surface area contributed by atoms with Crippen LogP contribution in [-0.2, 0) is 4.79 Å². The molecule has 1 aliphatic rings. The molecule has 6 nitrogen and oxygen atoms in total. The van der Waals surface area contributed by atoms with Crippen LogP contribution >= 0.6 is 0 Å². The van der Waals surface area contributed by atoms with Crippen molar-refractivity contribution in [1.29, 1.82) is 0 Å². The van der Waals surface area contributed by atoms with Gasteiger partial charge in [-0.25, -0.2) is 4.98 Å². The summed E-state index contributed by atoms with van der Waals surface area (Å²) in [4.78, 5) is 33.1. The van der Waals surface area contributed by atoms with Crippen LogP contribution in [0.25, 0.3) is 11.0 Å². The lowest BCUT2D eigenvalue weighted by molar-refractivity contribution is -0.132. The molecule has 0 spiro atoms. The standard InChI is InChI=1S/C20H28N4O2/c1-4-5-6-19(25)22-9-11-23(12-10-22)20(26)16-7-8-18-17(13-16)21-14-24(18)15(2)3/h7-8,13-15H,4-6,9-12H2,1-3H3.